The number of hydrogen-bond acceptors (Lipinski definition) is 3. The Kier molecular flexibility index (Phi) is 4.53. The number of carbonyl (C=O) groups excluding carboxylic acids is 1. The summed E-state index contributed by atoms with van der Waals surface area (Å²) in [6.07, 6.45) is 3.72. The van der Waals surface area contributed by atoms with Crippen LogP contribution in [0, 0.1) is 12.8 Å². The average molecular weight is 299 g/mol. The highest BCUT2D eigenvalue weighted by molar-refractivity contribution is 5.92. The van der Waals surface area contributed by atoms with Crippen molar-refractivity contribution in [2.75, 3.05) is 13.2 Å². The summed E-state index contributed by atoms with van der Waals surface area (Å²) in [4.78, 5) is 12.0. The molecule has 2 unspecified atom stereocenters. The summed E-state index contributed by atoms with van der Waals surface area (Å²) in [7, 11) is 0. The molecule has 1 saturated heterocycles. The Balaban J connectivity index is 1.65. The van der Waals surface area contributed by atoms with Gasteiger partial charge in [0.1, 0.15) is 5.69 Å². The Morgan fingerprint density at radius 2 is 2.18 bits per heavy atom. The smallest absolute Gasteiger partial charge is 0.269 e. The molecule has 1 aliphatic heterocycles. The average Bonchev–Trinajstić information content (AvgIpc) is 3.08. The number of aryl methyl sites for hydroxylation is 1. The van der Waals surface area contributed by atoms with Gasteiger partial charge in [0, 0.05) is 25.3 Å². The number of hydrogen-bond donors (Lipinski definition) is 2. The SMILES string of the molecule is Cc1ccc(C2OCCCC2CNC(=O)c2ccn[nH]2)cc1. The van der Waals surface area contributed by atoms with E-state index in [1.165, 1.54) is 11.1 Å². The van der Waals surface area contributed by atoms with Crippen LogP contribution in [0.1, 0.15) is 40.6 Å². The standard InChI is InChI=1S/C17H21N3O2/c1-12-4-6-13(7-5-12)16-14(3-2-10-22-16)11-18-17(21)15-8-9-19-20-15/h4-9,14,16H,2-3,10-11H2,1H3,(H,18,21)(H,19,20). The first-order valence-corrected chi connectivity index (χ1v) is 7.70. The summed E-state index contributed by atoms with van der Waals surface area (Å²) in [6.45, 7) is 3.47. The maximum absolute atomic E-state index is 12.0. The Morgan fingerprint density at radius 3 is 2.91 bits per heavy atom. The first-order valence-electron chi connectivity index (χ1n) is 7.70. The number of nitrogens with zero attached hydrogens (tertiary/aromatic N) is 1. The van der Waals surface area contributed by atoms with E-state index in [0.717, 1.165) is 19.4 Å². The van der Waals surface area contributed by atoms with Crippen molar-refractivity contribution in [1.82, 2.24) is 15.5 Å². The number of ether oxygens (including phenoxy) is 1. The van der Waals surface area contributed by atoms with E-state index in [9.17, 15) is 4.79 Å². The van der Waals surface area contributed by atoms with Crippen molar-refractivity contribution in [2.24, 2.45) is 5.92 Å². The zero-order chi connectivity index (χ0) is 15.4. The molecule has 22 heavy (non-hydrogen) atoms. The molecule has 1 aromatic carbocycles. The summed E-state index contributed by atoms with van der Waals surface area (Å²) in [5.74, 6) is 0.175. The quantitative estimate of drug-likeness (QED) is 0.912. The van der Waals surface area contributed by atoms with Gasteiger partial charge in [0.05, 0.1) is 6.10 Å². The number of amides is 1. The highest BCUT2D eigenvalue weighted by Gasteiger charge is 2.27. The summed E-state index contributed by atoms with van der Waals surface area (Å²) < 4.78 is 5.97. The molecule has 5 heteroatoms. The monoisotopic (exact) mass is 299 g/mol. The van der Waals surface area contributed by atoms with Crippen LogP contribution in [0.15, 0.2) is 36.5 Å². The molecule has 3 rings (SSSR count). The van der Waals surface area contributed by atoms with Gasteiger partial charge in [-0.05, 0) is 31.4 Å². The lowest BCUT2D eigenvalue weighted by molar-refractivity contribution is -0.0272. The molecule has 5 nitrogen and oxygen atoms in total. The van der Waals surface area contributed by atoms with Gasteiger partial charge in [-0.2, -0.15) is 5.10 Å². The second-order valence-corrected chi connectivity index (χ2v) is 5.78. The lowest BCUT2D eigenvalue weighted by atomic mass is 9.89. The third-order valence-electron chi connectivity index (χ3n) is 4.12. The van der Waals surface area contributed by atoms with E-state index in [1.54, 1.807) is 12.3 Å². The molecule has 1 aromatic heterocycles. The van der Waals surface area contributed by atoms with Crippen LogP contribution in [-0.4, -0.2) is 29.3 Å². The van der Waals surface area contributed by atoms with Gasteiger partial charge >= 0.3 is 0 Å². The largest absolute Gasteiger partial charge is 0.373 e. The molecule has 2 aromatic rings. The molecular weight excluding hydrogens is 278 g/mol. The molecule has 2 N–H and O–H groups in total. The maximum atomic E-state index is 12.0. The summed E-state index contributed by atoms with van der Waals surface area (Å²) in [6, 6.07) is 10.1. The Morgan fingerprint density at radius 1 is 1.36 bits per heavy atom. The van der Waals surface area contributed by atoms with E-state index in [0.29, 0.717) is 18.2 Å². The zero-order valence-corrected chi connectivity index (χ0v) is 12.7. The van der Waals surface area contributed by atoms with Crippen LogP contribution in [0.25, 0.3) is 0 Å². The van der Waals surface area contributed by atoms with Crippen molar-refractivity contribution < 1.29 is 9.53 Å². The Bertz CT molecular complexity index is 607. The molecule has 1 aliphatic rings. The molecule has 1 amide bonds. The van der Waals surface area contributed by atoms with Crippen LogP contribution < -0.4 is 5.32 Å². The van der Waals surface area contributed by atoms with Gasteiger partial charge < -0.3 is 10.1 Å². The van der Waals surface area contributed by atoms with Crippen LogP contribution in [0.4, 0.5) is 0 Å². The van der Waals surface area contributed by atoms with Gasteiger partial charge in [0.25, 0.3) is 5.91 Å². The minimum Gasteiger partial charge on any atom is -0.373 e. The second-order valence-electron chi connectivity index (χ2n) is 5.78. The van der Waals surface area contributed by atoms with E-state index >= 15 is 0 Å². The van der Waals surface area contributed by atoms with Gasteiger partial charge in [-0.15, -0.1) is 0 Å². The van der Waals surface area contributed by atoms with Crippen LogP contribution >= 0.6 is 0 Å². The van der Waals surface area contributed by atoms with Crippen molar-refractivity contribution in [2.45, 2.75) is 25.9 Å². The van der Waals surface area contributed by atoms with Gasteiger partial charge in [-0.3, -0.25) is 9.89 Å². The number of aromatic nitrogens is 2. The first kappa shape index (κ1) is 14.8. The van der Waals surface area contributed by atoms with E-state index in [4.69, 9.17) is 4.74 Å². The van der Waals surface area contributed by atoms with Crippen LogP contribution in [0.5, 0.6) is 0 Å². The minimum atomic E-state index is -0.120. The first-order chi connectivity index (χ1) is 10.7. The van der Waals surface area contributed by atoms with Gasteiger partial charge in [-0.1, -0.05) is 29.8 Å². The van der Waals surface area contributed by atoms with E-state index in [2.05, 4.69) is 46.7 Å². The molecular formula is C17H21N3O2. The number of H-pyrrole nitrogens is 1. The minimum absolute atomic E-state index is 0.0522. The highest BCUT2D eigenvalue weighted by Crippen LogP contribution is 2.33. The van der Waals surface area contributed by atoms with E-state index < -0.39 is 0 Å². The molecule has 0 aliphatic carbocycles. The van der Waals surface area contributed by atoms with Crippen LogP contribution in [-0.2, 0) is 4.74 Å². The number of aromatic amines is 1. The summed E-state index contributed by atoms with van der Waals surface area (Å²) >= 11 is 0. The predicted molar refractivity (Wildman–Crippen MR) is 83.5 cm³/mol. The number of benzene rings is 1. The lowest BCUT2D eigenvalue weighted by Gasteiger charge is -2.32. The van der Waals surface area contributed by atoms with Crippen LogP contribution in [0.2, 0.25) is 0 Å². The third kappa shape index (κ3) is 3.36. The van der Waals surface area contributed by atoms with Gasteiger partial charge in [0.2, 0.25) is 0 Å². The molecule has 0 spiro atoms. The normalized spacial score (nSPS) is 21.5. The van der Waals surface area contributed by atoms with Crippen molar-refractivity contribution in [1.29, 1.82) is 0 Å². The fourth-order valence-corrected chi connectivity index (χ4v) is 2.88. The number of nitrogens with one attached hydrogen (secondary N) is 2. The fourth-order valence-electron chi connectivity index (χ4n) is 2.88. The predicted octanol–water partition coefficient (Wildman–Crippen LogP) is 2.62. The highest BCUT2D eigenvalue weighted by atomic mass is 16.5. The van der Waals surface area contributed by atoms with Gasteiger partial charge in [0.15, 0.2) is 0 Å². The molecule has 1 fully saturated rings. The zero-order valence-electron chi connectivity index (χ0n) is 12.7. The van der Waals surface area contributed by atoms with Gasteiger partial charge in [-0.25, -0.2) is 0 Å². The topological polar surface area (TPSA) is 67.0 Å². The lowest BCUT2D eigenvalue weighted by Crippen LogP contribution is -2.35. The molecule has 2 atom stereocenters. The second kappa shape index (κ2) is 6.75. The molecule has 0 bridgehead atoms. The summed E-state index contributed by atoms with van der Waals surface area (Å²) in [5, 5.41) is 9.45. The molecule has 116 valence electrons. The maximum Gasteiger partial charge on any atom is 0.269 e. The van der Waals surface area contributed by atoms with E-state index in [1.807, 2.05) is 0 Å². The summed E-state index contributed by atoms with van der Waals surface area (Å²) in [5.41, 5.74) is 2.92. The molecule has 0 radical (unpaired) electrons. The number of carbonyl (C=O) groups is 1. The van der Waals surface area contributed by atoms with Crippen molar-refractivity contribution in [3.63, 3.8) is 0 Å². The van der Waals surface area contributed by atoms with Crippen molar-refractivity contribution in [3.8, 4) is 0 Å². The van der Waals surface area contributed by atoms with Crippen molar-refractivity contribution in [3.05, 3.63) is 53.3 Å². The Labute approximate surface area is 130 Å². The van der Waals surface area contributed by atoms with Crippen LogP contribution in [0.3, 0.4) is 0 Å². The Hall–Kier alpha value is -2.14. The molecule has 2 heterocycles. The number of rotatable bonds is 4. The molecule has 0 saturated carbocycles. The van der Waals surface area contributed by atoms with Crippen molar-refractivity contribution >= 4 is 5.91 Å². The fraction of sp³-hybridized carbons (Fsp3) is 0.412. The van der Waals surface area contributed by atoms with E-state index in [-0.39, 0.29) is 12.0 Å². The third-order valence-corrected chi connectivity index (χ3v) is 4.12.